The molecule has 0 unspecified atom stereocenters. The average molecular weight is 386 g/mol. The van der Waals surface area contributed by atoms with E-state index < -0.39 is 0 Å². The Hall–Kier alpha value is -2.71. The molecular weight excluding hydrogens is 370 g/mol. The highest BCUT2D eigenvalue weighted by molar-refractivity contribution is 7.71. The molecule has 0 amide bonds. The van der Waals surface area contributed by atoms with E-state index in [-0.39, 0.29) is 0 Å². The minimum absolute atomic E-state index is 0.449. The highest BCUT2D eigenvalue weighted by Gasteiger charge is 2.12. The number of benzene rings is 1. The normalized spacial score (nSPS) is 11.2. The van der Waals surface area contributed by atoms with Crippen molar-refractivity contribution < 1.29 is 0 Å². The van der Waals surface area contributed by atoms with Crippen molar-refractivity contribution in [1.82, 2.24) is 34.3 Å². The predicted molar refractivity (Wildman–Crippen MR) is 101 cm³/mol. The third-order valence-corrected chi connectivity index (χ3v) is 4.64. The van der Waals surface area contributed by atoms with Gasteiger partial charge in [-0.2, -0.15) is 15.3 Å². The molecule has 4 rings (SSSR count). The van der Waals surface area contributed by atoms with Crippen molar-refractivity contribution in [1.29, 1.82) is 0 Å². The second-order valence-electron chi connectivity index (χ2n) is 5.92. The van der Waals surface area contributed by atoms with Gasteiger partial charge in [0.15, 0.2) is 10.6 Å². The van der Waals surface area contributed by atoms with Gasteiger partial charge in [-0.05, 0) is 24.7 Å². The molecule has 0 aliphatic heterocycles. The Morgan fingerprint density at radius 1 is 1.12 bits per heavy atom. The van der Waals surface area contributed by atoms with Crippen LogP contribution in [0.5, 0.6) is 0 Å². The maximum Gasteiger partial charge on any atom is 0.200 e. The van der Waals surface area contributed by atoms with Crippen molar-refractivity contribution in [2.75, 3.05) is 0 Å². The molecule has 26 heavy (non-hydrogen) atoms. The summed E-state index contributed by atoms with van der Waals surface area (Å²) in [5.41, 5.74) is 2.81. The van der Waals surface area contributed by atoms with E-state index in [1.807, 2.05) is 40.6 Å². The smallest absolute Gasteiger partial charge is 0.200 e. The van der Waals surface area contributed by atoms with Crippen molar-refractivity contribution in [3.63, 3.8) is 0 Å². The van der Waals surface area contributed by atoms with Gasteiger partial charge in [0.05, 0.1) is 29.1 Å². The van der Waals surface area contributed by atoms with Crippen LogP contribution in [0.4, 0.5) is 0 Å². The predicted octanol–water partition coefficient (Wildman–Crippen LogP) is 3.38. The van der Waals surface area contributed by atoms with Gasteiger partial charge in [0, 0.05) is 12.4 Å². The average Bonchev–Trinajstić information content (AvgIpc) is 3.30. The summed E-state index contributed by atoms with van der Waals surface area (Å²) in [6.07, 6.45) is 5.50. The summed E-state index contributed by atoms with van der Waals surface area (Å²) in [7, 11) is 0. The summed E-state index contributed by atoms with van der Waals surface area (Å²) in [6, 6.07) is 10.2. The third-order valence-electron chi connectivity index (χ3n) is 4.00. The summed E-state index contributed by atoms with van der Waals surface area (Å²) in [6.45, 7) is 3.00. The van der Waals surface area contributed by atoms with Gasteiger partial charge in [-0.3, -0.25) is 19.0 Å². The van der Waals surface area contributed by atoms with Gasteiger partial charge < -0.3 is 0 Å². The summed E-state index contributed by atoms with van der Waals surface area (Å²) in [5, 5.41) is 16.6. The van der Waals surface area contributed by atoms with E-state index in [1.165, 1.54) is 5.56 Å². The van der Waals surface area contributed by atoms with Gasteiger partial charge >= 0.3 is 0 Å². The van der Waals surface area contributed by atoms with Gasteiger partial charge in [-0.15, -0.1) is 0 Å². The van der Waals surface area contributed by atoms with Crippen LogP contribution in [0.1, 0.15) is 17.1 Å². The monoisotopic (exact) mass is 385 g/mol. The van der Waals surface area contributed by atoms with Crippen molar-refractivity contribution in [2.24, 2.45) is 0 Å². The van der Waals surface area contributed by atoms with Crippen LogP contribution in [-0.4, -0.2) is 34.3 Å². The molecule has 132 valence electrons. The van der Waals surface area contributed by atoms with Gasteiger partial charge in [-0.25, -0.2) is 0 Å². The number of nitrogens with zero attached hydrogens (tertiary/aromatic N) is 6. The molecule has 0 saturated carbocycles. The van der Waals surface area contributed by atoms with E-state index in [0.29, 0.717) is 22.9 Å². The first-order valence-corrected chi connectivity index (χ1v) is 8.81. The van der Waals surface area contributed by atoms with Crippen molar-refractivity contribution in [3.05, 3.63) is 75.8 Å². The zero-order chi connectivity index (χ0) is 18.1. The lowest BCUT2D eigenvalue weighted by Crippen LogP contribution is -2.08. The number of H-pyrrole nitrogens is 1. The van der Waals surface area contributed by atoms with Crippen LogP contribution in [-0.2, 0) is 13.1 Å². The quantitative estimate of drug-likeness (QED) is 0.535. The number of nitrogens with one attached hydrogen (secondary N) is 1. The van der Waals surface area contributed by atoms with Crippen molar-refractivity contribution in [3.8, 4) is 5.69 Å². The summed E-state index contributed by atoms with van der Waals surface area (Å²) < 4.78 is 5.98. The molecule has 0 atom stereocenters. The molecule has 0 fully saturated rings. The molecule has 4 aromatic rings. The third kappa shape index (κ3) is 3.33. The molecule has 1 aromatic carbocycles. The molecule has 0 aliphatic rings. The standard InChI is InChI=1S/C17H16ClN7S/c1-12-15(18)10-24(22-12)11-16-20-21-17(26)25(16)14-7-19-23(9-14)8-13-5-3-2-4-6-13/h2-7,9-10H,8,11H2,1H3,(H,21,26). The first kappa shape index (κ1) is 16.7. The molecule has 1 N–H and O–H groups in total. The Labute approximate surface area is 159 Å². The van der Waals surface area contributed by atoms with E-state index in [0.717, 1.165) is 17.2 Å². The molecule has 7 nitrogen and oxygen atoms in total. The second-order valence-corrected chi connectivity index (χ2v) is 6.72. The number of rotatable bonds is 5. The number of aryl methyl sites for hydroxylation is 1. The molecule has 3 heterocycles. The topological polar surface area (TPSA) is 69.2 Å². The fraction of sp³-hybridized carbons (Fsp3) is 0.176. The number of aromatic amines is 1. The Morgan fingerprint density at radius 2 is 1.92 bits per heavy atom. The first-order chi connectivity index (χ1) is 12.6. The fourth-order valence-corrected chi connectivity index (χ4v) is 3.15. The van der Waals surface area contributed by atoms with E-state index in [2.05, 4.69) is 32.5 Å². The number of hydrogen-bond donors (Lipinski definition) is 1. The van der Waals surface area contributed by atoms with E-state index >= 15 is 0 Å². The lowest BCUT2D eigenvalue weighted by Gasteiger charge is -2.04. The summed E-state index contributed by atoms with van der Waals surface area (Å²) >= 11 is 11.5. The van der Waals surface area contributed by atoms with Crippen LogP contribution in [0, 0.1) is 11.7 Å². The minimum atomic E-state index is 0.449. The highest BCUT2D eigenvalue weighted by Crippen LogP contribution is 2.15. The number of aromatic nitrogens is 7. The largest absolute Gasteiger partial charge is 0.267 e. The van der Waals surface area contributed by atoms with Crippen molar-refractivity contribution in [2.45, 2.75) is 20.0 Å². The van der Waals surface area contributed by atoms with Crippen LogP contribution < -0.4 is 0 Å². The fourth-order valence-electron chi connectivity index (χ4n) is 2.75. The van der Waals surface area contributed by atoms with Crippen LogP contribution in [0.15, 0.2) is 48.9 Å². The zero-order valence-electron chi connectivity index (χ0n) is 14.0. The Kier molecular flexibility index (Phi) is 4.44. The molecular formula is C17H16ClN7S. The lowest BCUT2D eigenvalue weighted by molar-refractivity contribution is 0.638. The minimum Gasteiger partial charge on any atom is -0.267 e. The van der Waals surface area contributed by atoms with E-state index in [1.54, 1.807) is 17.1 Å². The first-order valence-electron chi connectivity index (χ1n) is 8.03. The Morgan fingerprint density at radius 3 is 2.65 bits per heavy atom. The van der Waals surface area contributed by atoms with Crippen LogP contribution >= 0.6 is 23.8 Å². The number of halogens is 1. The maximum atomic E-state index is 6.09. The molecule has 3 aromatic heterocycles. The van der Waals surface area contributed by atoms with Crippen LogP contribution in [0.3, 0.4) is 0 Å². The molecule has 0 bridgehead atoms. The Bertz CT molecular complexity index is 1070. The zero-order valence-corrected chi connectivity index (χ0v) is 15.6. The van der Waals surface area contributed by atoms with Gasteiger partial charge in [0.25, 0.3) is 0 Å². The highest BCUT2D eigenvalue weighted by atomic mass is 35.5. The molecule has 0 spiro atoms. The molecule has 0 saturated heterocycles. The molecule has 0 aliphatic carbocycles. The van der Waals surface area contributed by atoms with Gasteiger partial charge in [0.1, 0.15) is 6.54 Å². The van der Waals surface area contributed by atoms with Crippen molar-refractivity contribution >= 4 is 23.8 Å². The van der Waals surface area contributed by atoms with E-state index in [4.69, 9.17) is 23.8 Å². The van der Waals surface area contributed by atoms with E-state index in [9.17, 15) is 0 Å². The second kappa shape index (κ2) is 6.89. The Balaban J connectivity index is 1.62. The van der Waals surface area contributed by atoms with Crippen LogP contribution in [0.2, 0.25) is 5.02 Å². The van der Waals surface area contributed by atoms with Gasteiger partial charge in [0.2, 0.25) is 0 Å². The van der Waals surface area contributed by atoms with Gasteiger partial charge in [-0.1, -0.05) is 41.9 Å². The summed E-state index contributed by atoms with van der Waals surface area (Å²) in [4.78, 5) is 0. The number of hydrogen-bond acceptors (Lipinski definition) is 4. The summed E-state index contributed by atoms with van der Waals surface area (Å²) in [5.74, 6) is 0.730. The SMILES string of the molecule is Cc1nn(Cc2n[nH]c(=S)n2-c2cnn(Cc3ccccc3)c2)cc1Cl. The van der Waals surface area contributed by atoms with Crippen LogP contribution in [0.25, 0.3) is 5.69 Å². The lowest BCUT2D eigenvalue weighted by atomic mass is 10.2. The molecule has 0 radical (unpaired) electrons. The maximum absolute atomic E-state index is 6.09. The molecule has 9 heteroatoms.